The Morgan fingerprint density at radius 3 is 2.60 bits per heavy atom. The van der Waals surface area contributed by atoms with E-state index in [1.165, 1.54) is 18.5 Å². The number of amides is 1. The smallest absolute Gasteiger partial charge is 0.238 e. The molecule has 2 N–H and O–H groups in total. The van der Waals surface area contributed by atoms with Crippen LogP contribution in [0.2, 0.25) is 0 Å². The lowest BCUT2D eigenvalue weighted by Crippen LogP contribution is -2.48. The first-order valence-electron chi connectivity index (χ1n) is 9.46. The summed E-state index contributed by atoms with van der Waals surface area (Å²) in [4.78, 5) is 17.0. The highest BCUT2D eigenvalue weighted by Crippen LogP contribution is 2.28. The van der Waals surface area contributed by atoms with E-state index in [1.54, 1.807) is 0 Å². The molecular formula is C20H31N3O2. The van der Waals surface area contributed by atoms with Crippen molar-refractivity contribution < 1.29 is 9.90 Å². The van der Waals surface area contributed by atoms with Crippen LogP contribution >= 0.6 is 0 Å². The van der Waals surface area contributed by atoms with Gasteiger partial charge in [0.2, 0.25) is 5.91 Å². The van der Waals surface area contributed by atoms with Crippen LogP contribution in [0.5, 0.6) is 0 Å². The quantitative estimate of drug-likeness (QED) is 0.862. The molecule has 2 aliphatic heterocycles. The maximum absolute atomic E-state index is 12.5. The van der Waals surface area contributed by atoms with E-state index in [2.05, 4.69) is 27.2 Å². The molecule has 0 aliphatic carbocycles. The van der Waals surface area contributed by atoms with Gasteiger partial charge in [-0.05, 0) is 76.8 Å². The Morgan fingerprint density at radius 1 is 1.24 bits per heavy atom. The van der Waals surface area contributed by atoms with E-state index < -0.39 is 5.60 Å². The van der Waals surface area contributed by atoms with E-state index in [0.29, 0.717) is 6.54 Å². The third-order valence-corrected chi connectivity index (χ3v) is 5.48. The van der Waals surface area contributed by atoms with E-state index in [4.69, 9.17) is 0 Å². The first-order chi connectivity index (χ1) is 11.8. The van der Waals surface area contributed by atoms with E-state index >= 15 is 0 Å². The standard InChI is InChI=1S/C20H31N3O2/c1-15-13-16(22-10-4-5-11-22)8-9-17(15)21-19(24)14-23-12-6-7-18(23)20(2,3)25/h8-9,13,18,25H,4-7,10-12,14H2,1-3H3,(H,21,24). The number of aryl methyl sites for hydroxylation is 1. The molecule has 1 aromatic rings. The highest BCUT2D eigenvalue weighted by atomic mass is 16.3. The summed E-state index contributed by atoms with van der Waals surface area (Å²) in [6.45, 7) is 9.16. The van der Waals surface area contributed by atoms with Crippen LogP contribution in [-0.2, 0) is 4.79 Å². The van der Waals surface area contributed by atoms with Gasteiger partial charge in [-0.15, -0.1) is 0 Å². The van der Waals surface area contributed by atoms with Crippen molar-refractivity contribution in [3.05, 3.63) is 23.8 Å². The zero-order chi connectivity index (χ0) is 18.0. The number of hydrogen-bond donors (Lipinski definition) is 2. The summed E-state index contributed by atoms with van der Waals surface area (Å²) in [5.41, 5.74) is 2.45. The molecule has 5 heteroatoms. The van der Waals surface area contributed by atoms with Gasteiger partial charge in [0, 0.05) is 30.5 Å². The van der Waals surface area contributed by atoms with Gasteiger partial charge in [-0.2, -0.15) is 0 Å². The van der Waals surface area contributed by atoms with E-state index in [0.717, 1.165) is 43.7 Å². The van der Waals surface area contributed by atoms with Crippen molar-refractivity contribution in [2.24, 2.45) is 0 Å². The number of nitrogens with one attached hydrogen (secondary N) is 1. The number of anilines is 2. The van der Waals surface area contributed by atoms with E-state index in [9.17, 15) is 9.90 Å². The number of likely N-dealkylation sites (tertiary alicyclic amines) is 1. The van der Waals surface area contributed by atoms with Crippen molar-refractivity contribution >= 4 is 17.3 Å². The normalized spacial score (nSPS) is 21.8. The molecule has 2 saturated heterocycles. The predicted molar refractivity (Wildman–Crippen MR) is 102 cm³/mol. The summed E-state index contributed by atoms with van der Waals surface area (Å²) in [6.07, 6.45) is 4.50. The fourth-order valence-corrected chi connectivity index (χ4v) is 4.15. The summed E-state index contributed by atoms with van der Waals surface area (Å²) < 4.78 is 0. The van der Waals surface area contributed by atoms with Gasteiger partial charge in [-0.1, -0.05) is 0 Å². The number of carbonyl (C=O) groups is 1. The minimum atomic E-state index is -0.774. The summed E-state index contributed by atoms with van der Waals surface area (Å²) in [7, 11) is 0. The molecule has 1 atom stereocenters. The van der Waals surface area contributed by atoms with Crippen molar-refractivity contribution in [2.45, 2.75) is 58.1 Å². The number of rotatable bonds is 5. The van der Waals surface area contributed by atoms with Crippen LogP contribution in [0.25, 0.3) is 0 Å². The van der Waals surface area contributed by atoms with Crippen molar-refractivity contribution in [3.63, 3.8) is 0 Å². The van der Waals surface area contributed by atoms with Gasteiger partial charge in [0.05, 0.1) is 12.1 Å². The van der Waals surface area contributed by atoms with Gasteiger partial charge in [-0.25, -0.2) is 0 Å². The minimum absolute atomic E-state index is 0.00632. The highest BCUT2D eigenvalue weighted by Gasteiger charge is 2.36. The maximum Gasteiger partial charge on any atom is 0.238 e. The van der Waals surface area contributed by atoms with Gasteiger partial charge in [-0.3, -0.25) is 9.69 Å². The fraction of sp³-hybridized carbons (Fsp3) is 0.650. The lowest BCUT2D eigenvalue weighted by atomic mass is 9.97. The molecular weight excluding hydrogens is 314 g/mol. The van der Waals surface area contributed by atoms with Gasteiger partial charge >= 0.3 is 0 Å². The Kier molecular flexibility index (Phi) is 5.35. The summed E-state index contributed by atoms with van der Waals surface area (Å²) >= 11 is 0. The molecule has 25 heavy (non-hydrogen) atoms. The Labute approximate surface area is 151 Å². The molecule has 5 nitrogen and oxygen atoms in total. The van der Waals surface area contributed by atoms with Crippen LogP contribution in [0.1, 0.15) is 45.1 Å². The minimum Gasteiger partial charge on any atom is -0.389 e. The molecule has 2 heterocycles. The van der Waals surface area contributed by atoms with Crippen LogP contribution < -0.4 is 10.2 Å². The van der Waals surface area contributed by atoms with Crippen LogP contribution in [0.3, 0.4) is 0 Å². The Morgan fingerprint density at radius 2 is 1.96 bits per heavy atom. The van der Waals surface area contributed by atoms with Gasteiger partial charge < -0.3 is 15.3 Å². The Bertz CT molecular complexity index is 618. The first kappa shape index (κ1) is 18.2. The molecule has 1 unspecified atom stereocenters. The predicted octanol–water partition coefficient (Wildman–Crippen LogP) is 2.77. The monoisotopic (exact) mass is 345 g/mol. The van der Waals surface area contributed by atoms with Crippen molar-refractivity contribution in [1.29, 1.82) is 0 Å². The molecule has 0 radical (unpaired) electrons. The largest absolute Gasteiger partial charge is 0.389 e. The molecule has 2 aliphatic rings. The fourth-order valence-electron chi connectivity index (χ4n) is 4.15. The number of aliphatic hydroxyl groups is 1. The molecule has 0 spiro atoms. The van der Waals surface area contributed by atoms with Crippen LogP contribution in [-0.4, -0.2) is 53.7 Å². The van der Waals surface area contributed by atoms with Crippen LogP contribution in [0, 0.1) is 6.92 Å². The van der Waals surface area contributed by atoms with E-state index in [1.807, 2.05) is 26.8 Å². The van der Waals surface area contributed by atoms with Gasteiger partial charge in [0.15, 0.2) is 0 Å². The van der Waals surface area contributed by atoms with Crippen molar-refractivity contribution in [1.82, 2.24) is 4.90 Å². The highest BCUT2D eigenvalue weighted by molar-refractivity contribution is 5.93. The second-order valence-electron chi connectivity index (χ2n) is 8.02. The molecule has 2 fully saturated rings. The Balaban J connectivity index is 1.61. The molecule has 1 aromatic carbocycles. The molecule has 138 valence electrons. The second-order valence-corrected chi connectivity index (χ2v) is 8.02. The Hall–Kier alpha value is -1.59. The zero-order valence-corrected chi connectivity index (χ0v) is 15.7. The van der Waals surface area contributed by atoms with Crippen LogP contribution in [0.15, 0.2) is 18.2 Å². The number of nitrogens with zero attached hydrogens (tertiary/aromatic N) is 2. The summed E-state index contributed by atoms with van der Waals surface area (Å²) in [5.74, 6) is -0.00632. The molecule has 0 aromatic heterocycles. The third-order valence-electron chi connectivity index (χ3n) is 5.48. The topological polar surface area (TPSA) is 55.8 Å². The summed E-state index contributed by atoms with van der Waals surface area (Å²) in [6, 6.07) is 6.33. The van der Waals surface area contributed by atoms with Gasteiger partial charge in [0.1, 0.15) is 0 Å². The maximum atomic E-state index is 12.5. The number of hydrogen-bond acceptors (Lipinski definition) is 4. The van der Waals surface area contributed by atoms with Crippen molar-refractivity contribution in [3.8, 4) is 0 Å². The van der Waals surface area contributed by atoms with Crippen molar-refractivity contribution in [2.75, 3.05) is 36.4 Å². The zero-order valence-electron chi connectivity index (χ0n) is 15.7. The van der Waals surface area contributed by atoms with E-state index in [-0.39, 0.29) is 11.9 Å². The molecule has 1 amide bonds. The molecule has 0 bridgehead atoms. The lowest BCUT2D eigenvalue weighted by Gasteiger charge is -2.33. The first-order valence-corrected chi connectivity index (χ1v) is 9.46. The lowest BCUT2D eigenvalue weighted by molar-refractivity contribution is -0.118. The van der Waals surface area contributed by atoms with Crippen LogP contribution in [0.4, 0.5) is 11.4 Å². The average Bonchev–Trinajstić information content (AvgIpc) is 3.19. The number of carbonyl (C=O) groups excluding carboxylic acids is 1. The molecule has 0 saturated carbocycles. The molecule has 3 rings (SSSR count). The average molecular weight is 345 g/mol. The second kappa shape index (κ2) is 7.34. The third kappa shape index (κ3) is 4.33. The SMILES string of the molecule is Cc1cc(N2CCCC2)ccc1NC(=O)CN1CCCC1C(C)(C)O. The van der Waals surface area contributed by atoms with Gasteiger partial charge in [0.25, 0.3) is 0 Å². The summed E-state index contributed by atoms with van der Waals surface area (Å²) in [5, 5.41) is 13.3. The number of benzene rings is 1.